The van der Waals surface area contributed by atoms with Crippen molar-refractivity contribution < 1.29 is 9.53 Å². The Bertz CT molecular complexity index is 351. The summed E-state index contributed by atoms with van der Waals surface area (Å²) in [4.78, 5) is 11.2. The molecule has 0 heterocycles. The van der Waals surface area contributed by atoms with Crippen LogP contribution in [0.2, 0.25) is 0 Å². The van der Waals surface area contributed by atoms with Crippen LogP contribution in [-0.2, 0) is 22.4 Å². The molecule has 1 aromatic rings. The molecule has 0 aliphatic heterocycles. The third-order valence-corrected chi connectivity index (χ3v) is 2.89. The highest BCUT2D eigenvalue weighted by Gasteiger charge is 2.20. The predicted molar refractivity (Wildman–Crippen MR) is 62.3 cm³/mol. The Morgan fingerprint density at radius 2 is 2.00 bits per heavy atom. The highest BCUT2D eigenvalue weighted by atomic mass is 16.5. The van der Waals surface area contributed by atoms with Crippen molar-refractivity contribution in [1.29, 1.82) is 0 Å². The zero-order valence-corrected chi connectivity index (χ0v) is 9.53. The molecule has 3 heteroatoms. The van der Waals surface area contributed by atoms with Crippen LogP contribution >= 0.6 is 0 Å². The Labute approximate surface area is 95.8 Å². The summed E-state index contributed by atoms with van der Waals surface area (Å²) in [7, 11) is 0. The normalized spacial score (nSPS) is 14.8. The Hall–Kier alpha value is -1.35. The number of fused-ring (bicyclic) bond motifs is 1. The van der Waals surface area contributed by atoms with Crippen molar-refractivity contribution in [2.45, 2.75) is 25.8 Å². The van der Waals surface area contributed by atoms with Crippen LogP contribution in [0, 0.1) is 0 Å². The Balaban J connectivity index is 1.81. The second-order valence-corrected chi connectivity index (χ2v) is 4.06. The Kier molecular flexibility index (Phi) is 3.57. The first-order chi connectivity index (χ1) is 7.79. The zero-order valence-electron chi connectivity index (χ0n) is 9.53. The molecule has 1 aliphatic rings. The average Bonchev–Trinajstić information content (AvgIpc) is 2.69. The van der Waals surface area contributed by atoms with Crippen LogP contribution in [0.3, 0.4) is 0 Å². The van der Waals surface area contributed by atoms with E-state index in [2.05, 4.69) is 29.6 Å². The molecule has 0 fully saturated rings. The lowest BCUT2D eigenvalue weighted by atomic mass is 10.1. The van der Waals surface area contributed by atoms with Crippen molar-refractivity contribution in [3.05, 3.63) is 35.4 Å². The van der Waals surface area contributed by atoms with E-state index in [1.807, 2.05) is 6.92 Å². The van der Waals surface area contributed by atoms with Gasteiger partial charge in [-0.05, 0) is 30.9 Å². The lowest BCUT2D eigenvalue weighted by Crippen LogP contribution is -2.34. The molecule has 1 aromatic carbocycles. The van der Waals surface area contributed by atoms with Gasteiger partial charge in [0, 0.05) is 6.04 Å². The SMILES string of the molecule is CCOC(=O)CNC1Cc2ccccc2C1. The molecule has 0 atom stereocenters. The summed E-state index contributed by atoms with van der Waals surface area (Å²) in [5.74, 6) is -0.168. The maximum atomic E-state index is 11.2. The summed E-state index contributed by atoms with van der Waals surface area (Å²) in [6, 6.07) is 8.81. The van der Waals surface area contributed by atoms with E-state index in [4.69, 9.17) is 4.74 Å². The summed E-state index contributed by atoms with van der Waals surface area (Å²) >= 11 is 0. The lowest BCUT2D eigenvalue weighted by Gasteiger charge is -2.10. The van der Waals surface area contributed by atoms with Gasteiger partial charge in [0.25, 0.3) is 0 Å². The van der Waals surface area contributed by atoms with Crippen molar-refractivity contribution in [2.24, 2.45) is 0 Å². The monoisotopic (exact) mass is 219 g/mol. The highest BCUT2D eigenvalue weighted by Crippen LogP contribution is 2.21. The molecule has 0 spiro atoms. The molecular weight excluding hydrogens is 202 g/mol. The van der Waals surface area contributed by atoms with Crippen molar-refractivity contribution in [2.75, 3.05) is 13.2 Å². The molecule has 0 bridgehead atoms. The van der Waals surface area contributed by atoms with E-state index in [1.165, 1.54) is 11.1 Å². The van der Waals surface area contributed by atoms with Crippen molar-refractivity contribution in [3.8, 4) is 0 Å². The lowest BCUT2D eigenvalue weighted by molar-refractivity contribution is -0.142. The van der Waals surface area contributed by atoms with Gasteiger partial charge in [-0.25, -0.2) is 0 Å². The Morgan fingerprint density at radius 3 is 2.56 bits per heavy atom. The molecule has 0 aromatic heterocycles. The van der Waals surface area contributed by atoms with E-state index in [1.54, 1.807) is 0 Å². The summed E-state index contributed by atoms with van der Waals surface area (Å²) in [5, 5.41) is 3.24. The van der Waals surface area contributed by atoms with Crippen molar-refractivity contribution in [1.82, 2.24) is 5.32 Å². The van der Waals surface area contributed by atoms with E-state index in [0.717, 1.165) is 12.8 Å². The fourth-order valence-corrected chi connectivity index (χ4v) is 2.14. The largest absolute Gasteiger partial charge is 0.465 e. The molecule has 0 amide bonds. The molecule has 16 heavy (non-hydrogen) atoms. The van der Waals surface area contributed by atoms with Gasteiger partial charge in [-0.2, -0.15) is 0 Å². The number of benzene rings is 1. The number of rotatable bonds is 4. The van der Waals surface area contributed by atoms with Gasteiger partial charge < -0.3 is 10.1 Å². The van der Waals surface area contributed by atoms with Crippen LogP contribution < -0.4 is 5.32 Å². The van der Waals surface area contributed by atoms with E-state index in [-0.39, 0.29) is 5.97 Å². The molecule has 3 nitrogen and oxygen atoms in total. The zero-order chi connectivity index (χ0) is 11.4. The van der Waals surface area contributed by atoms with Crippen molar-refractivity contribution >= 4 is 5.97 Å². The third kappa shape index (κ3) is 2.61. The minimum atomic E-state index is -0.168. The van der Waals surface area contributed by atoms with Crippen molar-refractivity contribution in [3.63, 3.8) is 0 Å². The number of hydrogen-bond acceptors (Lipinski definition) is 3. The third-order valence-electron chi connectivity index (χ3n) is 2.89. The van der Waals surface area contributed by atoms with Crippen LogP contribution in [0.5, 0.6) is 0 Å². The van der Waals surface area contributed by atoms with E-state index >= 15 is 0 Å². The van der Waals surface area contributed by atoms with E-state index in [9.17, 15) is 4.79 Å². The number of hydrogen-bond donors (Lipinski definition) is 1. The van der Waals surface area contributed by atoms with Gasteiger partial charge in [-0.3, -0.25) is 4.79 Å². The number of carbonyl (C=O) groups excluding carboxylic acids is 1. The van der Waals surface area contributed by atoms with Crippen LogP contribution in [0.25, 0.3) is 0 Å². The first-order valence-electron chi connectivity index (χ1n) is 5.75. The first-order valence-corrected chi connectivity index (χ1v) is 5.75. The summed E-state index contributed by atoms with van der Waals surface area (Å²) < 4.78 is 4.88. The molecule has 0 saturated heterocycles. The fraction of sp³-hybridized carbons (Fsp3) is 0.462. The van der Waals surface area contributed by atoms with Gasteiger partial charge in [0.05, 0.1) is 13.2 Å². The van der Waals surface area contributed by atoms with E-state index < -0.39 is 0 Å². The van der Waals surface area contributed by atoms with Gasteiger partial charge in [0.2, 0.25) is 0 Å². The van der Waals surface area contributed by atoms with Crippen LogP contribution in [0.1, 0.15) is 18.1 Å². The predicted octanol–water partition coefficient (Wildman–Crippen LogP) is 1.31. The second kappa shape index (κ2) is 5.12. The summed E-state index contributed by atoms with van der Waals surface area (Å²) in [6.07, 6.45) is 2.02. The maximum absolute atomic E-state index is 11.2. The minimum Gasteiger partial charge on any atom is -0.465 e. The number of esters is 1. The van der Waals surface area contributed by atoms with E-state index in [0.29, 0.717) is 19.2 Å². The molecule has 0 radical (unpaired) electrons. The van der Waals surface area contributed by atoms with Gasteiger partial charge in [0.1, 0.15) is 0 Å². The second-order valence-electron chi connectivity index (χ2n) is 4.06. The van der Waals surface area contributed by atoms with Crippen LogP contribution in [-0.4, -0.2) is 25.2 Å². The highest BCUT2D eigenvalue weighted by molar-refractivity contribution is 5.71. The molecule has 1 aliphatic carbocycles. The minimum absolute atomic E-state index is 0.168. The van der Waals surface area contributed by atoms with Crippen LogP contribution in [0.4, 0.5) is 0 Å². The maximum Gasteiger partial charge on any atom is 0.319 e. The molecule has 0 unspecified atom stereocenters. The average molecular weight is 219 g/mol. The summed E-state index contributed by atoms with van der Waals surface area (Å²) in [6.45, 7) is 2.58. The molecule has 1 N–H and O–H groups in total. The molecule has 2 rings (SSSR count). The van der Waals surface area contributed by atoms with Crippen LogP contribution in [0.15, 0.2) is 24.3 Å². The number of ether oxygens (including phenoxy) is 1. The summed E-state index contributed by atoms with van der Waals surface area (Å²) in [5.41, 5.74) is 2.78. The molecule has 0 saturated carbocycles. The van der Waals surface area contributed by atoms with Gasteiger partial charge in [-0.1, -0.05) is 24.3 Å². The fourth-order valence-electron chi connectivity index (χ4n) is 2.14. The standard InChI is InChI=1S/C13H17NO2/c1-2-16-13(15)9-14-12-7-10-5-3-4-6-11(10)8-12/h3-6,12,14H,2,7-9H2,1H3. The van der Waals surface area contributed by atoms with Gasteiger partial charge >= 0.3 is 5.97 Å². The first kappa shape index (κ1) is 11.1. The molecular formula is C13H17NO2. The molecule has 86 valence electrons. The topological polar surface area (TPSA) is 38.3 Å². The number of carbonyl (C=O) groups is 1. The Morgan fingerprint density at radius 1 is 1.38 bits per heavy atom. The number of nitrogens with one attached hydrogen (secondary N) is 1. The van der Waals surface area contributed by atoms with Gasteiger partial charge in [-0.15, -0.1) is 0 Å². The van der Waals surface area contributed by atoms with Gasteiger partial charge in [0.15, 0.2) is 0 Å². The quantitative estimate of drug-likeness (QED) is 0.776. The smallest absolute Gasteiger partial charge is 0.319 e.